The van der Waals surface area contributed by atoms with Crippen molar-refractivity contribution in [3.05, 3.63) is 65.7 Å². The van der Waals surface area contributed by atoms with Crippen LogP contribution in [0.15, 0.2) is 59.5 Å². The Morgan fingerprint density at radius 2 is 1.87 bits per heavy atom. The van der Waals surface area contributed by atoms with Gasteiger partial charge in [0.1, 0.15) is 0 Å². The van der Waals surface area contributed by atoms with E-state index >= 15 is 0 Å². The normalized spacial score (nSPS) is 11.0. The van der Waals surface area contributed by atoms with Gasteiger partial charge in [-0.15, -0.1) is 4.33 Å². The molecule has 0 unspecified atom stereocenters. The number of benzene rings is 3. The van der Waals surface area contributed by atoms with E-state index in [1.165, 1.54) is 6.07 Å². The van der Waals surface area contributed by atoms with E-state index in [1.54, 1.807) is 6.07 Å². The monoisotopic (exact) mass is 328 g/mol. The zero-order valence-corrected chi connectivity index (χ0v) is 12.9. The fourth-order valence-electron chi connectivity index (χ4n) is 2.54. The minimum absolute atomic E-state index is 0.195. The number of hydrogen-bond acceptors (Lipinski definition) is 6. The van der Waals surface area contributed by atoms with E-state index in [0.29, 0.717) is 22.4 Å². The fourth-order valence-corrected chi connectivity index (χ4v) is 2.98. The summed E-state index contributed by atoms with van der Waals surface area (Å²) >= 11 is 0.749. The Hall–Kier alpha value is -2.25. The van der Waals surface area contributed by atoms with Gasteiger partial charge in [-0.3, -0.25) is 0 Å². The van der Waals surface area contributed by atoms with Crippen molar-refractivity contribution in [1.29, 1.82) is 0 Å². The van der Waals surface area contributed by atoms with Crippen molar-refractivity contribution in [2.45, 2.75) is 11.3 Å². The lowest BCUT2D eigenvalue weighted by Gasteiger charge is -2.17. The SMILES string of the molecule is Nc1c(Cc2ccccc2)ccc2cc(SOOO)cc([O-])c12. The van der Waals surface area contributed by atoms with Crippen LogP contribution in [0.2, 0.25) is 0 Å². The van der Waals surface area contributed by atoms with E-state index in [2.05, 4.69) is 9.37 Å². The molecule has 0 fully saturated rings. The Morgan fingerprint density at radius 3 is 2.61 bits per heavy atom. The highest BCUT2D eigenvalue weighted by Gasteiger charge is 2.08. The molecule has 0 bridgehead atoms. The molecule has 0 saturated heterocycles. The number of fused-ring (bicyclic) bond motifs is 1. The fraction of sp³-hybridized carbons (Fsp3) is 0.0588. The van der Waals surface area contributed by atoms with Crippen molar-refractivity contribution >= 4 is 28.5 Å². The molecular formula is C17H14NO4S-. The zero-order valence-electron chi connectivity index (χ0n) is 12.1. The van der Waals surface area contributed by atoms with Crippen molar-refractivity contribution in [3.63, 3.8) is 0 Å². The van der Waals surface area contributed by atoms with Crippen molar-refractivity contribution < 1.29 is 19.7 Å². The van der Waals surface area contributed by atoms with Crippen LogP contribution in [0.3, 0.4) is 0 Å². The van der Waals surface area contributed by atoms with Gasteiger partial charge in [-0.1, -0.05) is 59.3 Å². The summed E-state index contributed by atoms with van der Waals surface area (Å²) in [7, 11) is 0. The van der Waals surface area contributed by atoms with E-state index < -0.39 is 0 Å². The first-order chi connectivity index (χ1) is 11.2. The third-order valence-electron chi connectivity index (χ3n) is 3.58. The summed E-state index contributed by atoms with van der Waals surface area (Å²) in [6, 6.07) is 16.9. The standard InChI is InChI=1S/C17H15NO4S/c18-17-13(8-11-4-2-1-3-5-11)7-6-12-9-14(23-22-21-20)10-15(19)16(12)17/h1-7,9-10,19-20H,8,18H2/p-1. The van der Waals surface area contributed by atoms with Crippen LogP contribution < -0.4 is 10.8 Å². The van der Waals surface area contributed by atoms with Gasteiger partial charge in [-0.25, -0.2) is 5.26 Å². The van der Waals surface area contributed by atoms with Crippen LogP contribution in [-0.2, 0) is 15.8 Å². The van der Waals surface area contributed by atoms with Crippen LogP contribution in [0.25, 0.3) is 10.8 Å². The molecule has 118 valence electrons. The van der Waals surface area contributed by atoms with Gasteiger partial charge in [0.25, 0.3) is 0 Å². The maximum atomic E-state index is 12.3. The predicted molar refractivity (Wildman–Crippen MR) is 87.7 cm³/mol. The maximum Gasteiger partial charge on any atom is 0.0714 e. The van der Waals surface area contributed by atoms with Gasteiger partial charge in [0.2, 0.25) is 0 Å². The van der Waals surface area contributed by atoms with E-state index in [0.717, 1.165) is 28.6 Å². The molecule has 3 rings (SSSR count). The number of rotatable bonds is 5. The summed E-state index contributed by atoms with van der Waals surface area (Å²) in [5.74, 6) is -0.195. The summed E-state index contributed by atoms with van der Waals surface area (Å²) in [5, 5.41) is 25.3. The van der Waals surface area contributed by atoms with E-state index in [1.807, 2.05) is 42.5 Å². The zero-order chi connectivity index (χ0) is 16.2. The summed E-state index contributed by atoms with van der Waals surface area (Å²) in [6.07, 6.45) is 0.667. The molecule has 5 nitrogen and oxygen atoms in total. The van der Waals surface area contributed by atoms with Gasteiger partial charge in [0.05, 0.1) is 12.0 Å². The average Bonchev–Trinajstić information content (AvgIpc) is 2.56. The third kappa shape index (κ3) is 3.40. The number of nitrogens with two attached hydrogens (primary N) is 1. The summed E-state index contributed by atoms with van der Waals surface area (Å²) in [6.45, 7) is 0. The van der Waals surface area contributed by atoms with Crippen molar-refractivity contribution in [3.8, 4) is 5.75 Å². The van der Waals surface area contributed by atoms with Gasteiger partial charge >= 0.3 is 0 Å². The highest BCUT2D eigenvalue weighted by Crippen LogP contribution is 2.36. The molecule has 3 N–H and O–H groups in total. The number of nitrogen functional groups attached to an aromatic ring is 1. The molecule has 6 heteroatoms. The van der Waals surface area contributed by atoms with Gasteiger partial charge in [-0.05, 0) is 34.4 Å². The Balaban J connectivity index is 2.00. The molecule has 0 aromatic heterocycles. The Bertz CT molecular complexity index is 824. The molecule has 0 amide bonds. The largest absolute Gasteiger partial charge is 0.872 e. The lowest BCUT2D eigenvalue weighted by molar-refractivity contribution is -0.432. The van der Waals surface area contributed by atoms with Gasteiger partial charge in [0, 0.05) is 10.6 Å². The Morgan fingerprint density at radius 1 is 1.09 bits per heavy atom. The van der Waals surface area contributed by atoms with Crippen LogP contribution in [0.5, 0.6) is 5.75 Å². The number of anilines is 1. The van der Waals surface area contributed by atoms with Gasteiger partial charge in [-0.2, -0.15) is 0 Å². The molecule has 0 spiro atoms. The highest BCUT2D eigenvalue weighted by atomic mass is 32.2. The minimum atomic E-state index is -0.195. The molecule has 0 aliphatic heterocycles. The summed E-state index contributed by atoms with van der Waals surface area (Å²) in [5.41, 5.74) is 8.75. The van der Waals surface area contributed by atoms with Gasteiger partial charge in [0.15, 0.2) is 0 Å². The van der Waals surface area contributed by atoms with Crippen LogP contribution in [0, 0.1) is 0 Å². The second-order valence-electron chi connectivity index (χ2n) is 5.05. The molecule has 0 aliphatic rings. The first kappa shape index (κ1) is 15.6. The van der Waals surface area contributed by atoms with E-state index in [9.17, 15) is 5.11 Å². The molecule has 3 aromatic carbocycles. The predicted octanol–water partition coefficient (Wildman–Crippen LogP) is 3.51. The van der Waals surface area contributed by atoms with E-state index in [4.69, 9.17) is 11.0 Å². The van der Waals surface area contributed by atoms with Crippen LogP contribution in [-0.4, -0.2) is 5.26 Å². The quantitative estimate of drug-likeness (QED) is 0.322. The third-order valence-corrected chi connectivity index (χ3v) is 4.14. The molecule has 0 saturated carbocycles. The Labute approximate surface area is 137 Å². The Kier molecular flexibility index (Phi) is 4.68. The maximum absolute atomic E-state index is 12.3. The van der Waals surface area contributed by atoms with Crippen LogP contribution in [0.4, 0.5) is 5.69 Å². The van der Waals surface area contributed by atoms with E-state index in [-0.39, 0.29) is 5.75 Å². The second-order valence-corrected chi connectivity index (χ2v) is 5.82. The first-order valence-electron chi connectivity index (χ1n) is 6.90. The lowest BCUT2D eigenvalue weighted by Crippen LogP contribution is -2.00. The van der Waals surface area contributed by atoms with Crippen molar-refractivity contribution in [1.82, 2.24) is 0 Å². The number of hydrogen-bond donors (Lipinski definition) is 2. The van der Waals surface area contributed by atoms with Crippen LogP contribution in [0.1, 0.15) is 11.1 Å². The lowest BCUT2D eigenvalue weighted by atomic mass is 9.98. The summed E-state index contributed by atoms with van der Waals surface area (Å²) in [4.78, 5) is 0.520. The van der Waals surface area contributed by atoms with Crippen molar-refractivity contribution in [2.24, 2.45) is 0 Å². The minimum Gasteiger partial charge on any atom is -0.872 e. The molecule has 3 aromatic rings. The molecular weight excluding hydrogens is 314 g/mol. The molecule has 0 atom stereocenters. The van der Waals surface area contributed by atoms with Crippen LogP contribution >= 0.6 is 12.0 Å². The second kappa shape index (κ2) is 6.89. The highest BCUT2D eigenvalue weighted by molar-refractivity contribution is 7.94. The molecule has 23 heavy (non-hydrogen) atoms. The molecule has 0 heterocycles. The summed E-state index contributed by atoms with van der Waals surface area (Å²) < 4.78 is 4.36. The topological polar surface area (TPSA) is 87.8 Å². The molecule has 0 aliphatic carbocycles. The first-order valence-corrected chi connectivity index (χ1v) is 7.64. The van der Waals surface area contributed by atoms with Gasteiger partial charge < -0.3 is 10.8 Å². The van der Waals surface area contributed by atoms with Crippen molar-refractivity contribution in [2.75, 3.05) is 5.73 Å². The average molecular weight is 328 g/mol. The molecule has 0 radical (unpaired) electrons. The smallest absolute Gasteiger partial charge is 0.0714 e.